The fraction of sp³-hybridized carbons (Fsp3) is 0.167. The highest BCUT2D eigenvalue weighted by Gasteiger charge is 2.07. The molecule has 0 saturated heterocycles. The Morgan fingerprint density at radius 1 is 1.33 bits per heavy atom. The largest absolute Gasteiger partial charge is 0.192 e. The van der Waals surface area contributed by atoms with Crippen molar-refractivity contribution in [3.63, 3.8) is 0 Å². The number of halogens is 1. The van der Waals surface area contributed by atoms with E-state index in [4.69, 9.17) is 22.1 Å². The number of hydrogen-bond acceptors (Lipinski definition) is 2. The van der Waals surface area contributed by atoms with Gasteiger partial charge in [0.2, 0.25) is 0 Å². The molecule has 1 rings (SSSR count). The molecular weight excluding hydrogens is 208 g/mol. The molecule has 0 saturated carbocycles. The normalized spacial score (nSPS) is 8.80. The number of benzene rings is 1. The number of nitrogens with zero attached hydrogens (tertiary/aromatic N) is 2. The van der Waals surface area contributed by atoms with Gasteiger partial charge in [-0.05, 0) is 29.7 Å². The first kappa shape index (κ1) is 11.3. The highest BCUT2D eigenvalue weighted by atomic mass is 35.5. The lowest BCUT2D eigenvalue weighted by atomic mass is 9.99. The van der Waals surface area contributed by atoms with Gasteiger partial charge in [-0.25, -0.2) is 0 Å². The molecule has 0 fully saturated rings. The summed E-state index contributed by atoms with van der Waals surface area (Å²) in [7, 11) is 0. The summed E-state index contributed by atoms with van der Waals surface area (Å²) < 4.78 is 0. The van der Waals surface area contributed by atoms with E-state index in [1.165, 1.54) is 0 Å². The van der Waals surface area contributed by atoms with Gasteiger partial charge >= 0.3 is 0 Å². The van der Waals surface area contributed by atoms with Crippen LogP contribution in [0.3, 0.4) is 0 Å². The van der Waals surface area contributed by atoms with E-state index >= 15 is 0 Å². The van der Waals surface area contributed by atoms with Crippen molar-refractivity contribution in [2.75, 3.05) is 0 Å². The Labute approximate surface area is 94.0 Å². The molecule has 15 heavy (non-hydrogen) atoms. The van der Waals surface area contributed by atoms with Gasteiger partial charge in [0.05, 0.1) is 0 Å². The van der Waals surface area contributed by atoms with Gasteiger partial charge in [0, 0.05) is 5.02 Å². The topological polar surface area (TPSA) is 47.6 Å². The van der Waals surface area contributed by atoms with Gasteiger partial charge in [0.1, 0.15) is 17.7 Å². The summed E-state index contributed by atoms with van der Waals surface area (Å²) in [5, 5.41) is 18.2. The Hall–Kier alpha value is -1.77. The van der Waals surface area contributed by atoms with Crippen LogP contribution >= 0.6 is 11.6 Å². The summed E-state index contributed by atoms with van der Waals surface area (Å²) in [6.07, 6.45) is 0.636. The average molecular weight is 217 g/mol. The first-order valence-corrected chi connectivity index (χ1v) is 4.90. The summed E-state index contributed by atoms with van der Waals surface area (Å²) in [6.45, 7) is 1.91. The SMILES string of the molecule is CCC(=C(C#N)C#N)c1cccc(Cl)c1. The summed E-state index contributed by atoms with van der Waals surface area (Å²) in [5.74, 6) is 0. The van der Waals surface area contributed by atoms with Crippen molar-refractivity contribution in [1.29, 1.82) is 10.5 Å². The van der Waals surface area contributed by atoms with Crippen molar-refractivity contribution in [3.05, 3.63) is 40.4 Å². The minimum Gasteiger partial charge on any atom is -0.192 e. The maximum Gasteiger partial charge on any atom is 0.133 e. The molecule has 0 heterocycles. The maximum atomic E-state index is 8.79. The fourth-order valence-corrected chi connectivity index (χ4v) is 1.55. The van der Waals surface area contributed by atoms with Gasteiger partial charge in [0.25, 0.3) is 0 Å². The van der Waals surface area contributed by atoms with Crippen LogP contribution in [0.15, 0.2) is 29.8 Å². The lowest BCUT2D eigenvalue weighted by molar-refractivity contribution is 1.23. The first-order valence-electron chi connectivity index (χ1n) is 4.52. The van der Waals surface area contributed by atoms with E-state index in [0.29, 0.717) is 11.4 Å². The lowest BCUT2D eigenvalue weighted by Gasteiger charge is -2.04. The molecule has 1 aromatic rings. The molecule has 0 aliphatic carbocycles. The van der Waals surface area contributed by atoms with Crippen molar-refractivity contribution in [3.8, 4) is 12.1 Å². The zero-order valence-electron chi connectivity index (χ0n) is 8.29. The van der Waals surface area contributed by atoms with Gasteiger partial charge in [-0.2, -0.15) is 10.5 Å². The van der Waals surface area contributed by atoms with Crippen LogP contribution in [0.2, 0.25) is 5.02 Å². The molecule has 2 nitrogen and oxygen atoms in total. The van der Waals surface area contributed by atoms with Crippen LogP contribution in [-0.4, -0.2) is 0 Å². The number of rotatable bonds is 2. The van der Waals surface area contributed by atoms with Crippen LogP contribution in [0.4, 0.5) is 0 Å². The second-order valence-electron chi connectivity index (χ2n) is 2.94. The van der Waals surface area contributed by atoms with E-state index in [9.17, 15) is 0 Å². The Kier molecular flexibility index (Phi) is 3.92. The minimum absolute atomic E-state index is 0.153. The molecule has 0 aromatic heterocycles. The third-order valence-corrected chi connectivity index (χ3v) is 2.29. The second-order valence-corrected chi connectivity index (χ2v) is 3.38. The Morgan fingerprint density at radius 2 is 2.00 bits per heavy atom. The van der Waals surface area contributed by atoms with Crippen molar-refractivity contribution in [2.45, 2.75) is 13.3 Å². The van der Waals surface area contributed by atoms with Crippen molar-refractivity contribution in [1.82, 2.24) is 0 Å². The smallest absolute Gasteiger partial charge is 0.133 e. The highest BCUT2D eigenvalue weighted by Crippen LogP contribution is 2.24. The molecule has 74 valence electrons. The standard InChI is InChI=1S/C12H9ClN2/c1-2-12(10(7-14)8-15)9-4-3-5-11(13)6-9/h3-6H,2H2,1H3. The molecule has 3 heteroatoms. The monoisotopic (exact) mass is 216 g/mol. The zero-order valence-corrected chi connectivity index (χ0v) is 9.04. The molecule has 0 radical (unpaired) electrons. The minimum atomic E-state index is 0.153. The van der Waals surface area contributed by atoms with Crippen molar-refractivity contribution in [2.24, 2.45) is 0 Å². The summed E-state index contributed by atoms with van der Waals surface area (Å²) in [6, 6.07) is 11.0. The molecular formula is C12H9ClN2. The molecule has 0 unspecified atom stereocenters. The van der Waals surface area contributed by atoms with Crippen LogP contribution in [0.5, 0.6) is 0 Å². The summed E-state index contributed by atoms with van der Waals surface area (Å²) >= 11 is 5.85. The molecule has 0 amide bonds. The Balaban J connectivity index is 3.33. The third-order valence-electron chi connectivity index (χ3n) is 2.05. The van der Waals surface area contributed by atoms with Crippen LogP contribution in [0, 0.1) is 22.7 Å². The van der Waals surface area contributed by atoms with Crippen molar-refractivity contribution >= 4 is 17.2 Å². The van der Waals surface area contributed by atoms with Gasteiger partial charge in [-0.3, -0.25) is 0 Å². The Bertz CT molecular complexity index is 459. The predicted molar refractivity (Wildman–Crippen MR) is 59.9 cm³/mol. The lowest BCUT2D eigenvalue weighted by Crippen LogP contribution is -1.87. The zero-order chi connectivity index (χ0) is 11.3. The van der Waals surface area contributed by atoms with Gasteiger partial charge in [0.15, 0.2) is 0 Å². The van der Waals surface area contributed by atoms with Crippen LogP contribution < -0.4 is 0 Å². The van der Waals surface area contributed by atoms with E-state index in [0.717, 1.165) is 11.1 Å². The third kappa shape index (κ3) is 2.59. The maximum absolute atomic E-state index is 8.79. The molecule has 0 aliphatic heterocycles. The van der Waals surface area contributed by atoms with Gasteiger partial charge in [-0.15, -0.1) is 0 Å². The summed E-state index contributed by atoms with van der Waals surface area (Å²) in [4.78, 5) is 0. The number of nitriles is 2. The van der Waals surface area contributed by atoms with E-state index in [-0.39, 0.29) is 5.57 Å². The van der Waals surface area contributed by atoms with E-state index in [1.54, 1.807) is 18.2 Å². The van der Waals surface area contributed by atoms with Crippen LogP contribution in [0.25, 0.3) is 5.57 Å². The predicted octanol–water partition coefficient (Wildman–Crippen LogP) is 3.55. The molecule has 0 spiro atoms. The molecule has 0 aliphatic rings. The van der Waals surface area contributed by atoms with Crippen LogP contribution in [0.1, 0.15) is 18.9 Å². The highest BCUT2D eigenvalue weighted by molar-refractivity contribution is 6.30. The molecule has 0 atom stereocenters. The number of allylic oxidation sites excluding steroid dienone is 2. The Morgan fingerprint density at radius 3 is 2.47 bits per heavy atom. The van der Waals surface area contributed by atoms with Crippen molar-refractivity contribution < 1.29 is 0 Å². The van der Waals surface area contributed by atoms with Crippen LogP contribution in [-0.2, 0) is 0 Å². The summed E-state index contributed by atoms with van der Waals surface area (Å²) in [5.41, 5.74) is 1.73. The number of hydrogen-bond donors (Lipinski definition) is 0. The molecule has 1 aromatic carbocycles. The fourth-order valence-electron chi connectivity index (χ4n) is 1.36. The van der Waals surface area contributed by atoms with Gasteiger partial charge < -0.3 is 0 Å². The quantitative estimate of drug-likeness (QED) is 0.710. The van der Waals surface area contributed by atoms with E-state index in [1.807, 2.05) is 25.1 Å². The van der Waals surface area contributed by atoms with E-state index in [2.05, 4.69) is 0 Å². The first-order chi connectivity index (χ1) is 7.22. The second kappa shape index (κ2) is 5.20. The average Bonchev–Trinajstić information content (AvgIpc) is 2.25. The van der Waals surface area contributed by atoms with E-state index < -0.39 is 0 Å². The molecule has 0 N–H and O–H groups in total. The van der Waals surface area contributed by atoms with Gasteiger partial charge in [-0.1, -0.05) is 30.7 Å². The molecule has 0 bridgehead atoms.